The number of hydrogen-bond acceptors (Lipinski definition) is 2. The average molecular weight is 251 g/mol. The molecule has 1 atom stereocenters. The van der Waals surface area contributed by atoms with Crippen LogP contribution in [0.15, 0.2) is 30.9 Å². The number of anilines is 1. The van der Waals surface area contributed by atoms with Gasteiger partial charge < -0.3 is 10.0 Å². The van der Waals surface area contributed by atoms with Gasteiger partial charge in [-0.15, -0.1) is 6.58 Å². The molecule has 0 spiro atoms. The predicted octanol–water partition coefficient (Wildman–Crippen LogP) is 3.67. The molecule has 0 unspecified atom stereocenters. The summed E-state index contributed by atoms with van der Waals surface area (Å²) in [6.45, 7) is 12.1. The highest BCUT2D eigenvalue weighted by molar-refractivity contribution is 5.57. The zero-order chi connectivity index (χ0) is 13.9. The Labute approximate surface area is 109 Å². The molecule has 0 saturated heterocycles. The van der Waals surface area contributed by atoms with Gasteiger partial charge in [-0.25, -0.2) is 4.39 Å². The van der Waals surface area contributed by atoms with Crippen LogP contribution in [-0.2, 0) is 0 Å². The highest BCUT2D eigenvalue weighted by Crippen LogP contribution is 2.32. The molecule has 1 aromatic carbocycles. The minimum absolute atomic E-state index is 0.175. The third-order valence-electron chi connectivity index (χ3n) is 2.86. The van der Waals surface area contributed by atoms with Gasteiger partial charge in [-0.2, -0.15) is 0 Å². The number of halogens is 1. The summed E-state index contributed by atoms with van der Waals surface area (Å²) in [5.41, 5.74) is 0.887. The van der Waals surface area contributed by atoms with Gasteiger partial charge in [0.05, 0.1) is 6.10 Å². The molecule has 0 aliphatic carbocycles. The molecular weight excluding hydrogens is 229 g/mol. The summed E-state index contributed by atoms with van der Waals surface area (Å²) in [5.74, 6) is -0.374. The summed E-state index contributed by atoms with van der Waals surface area (Å²) < 4.78 is 13.9. The van der Waals surface area contributed by atoms with E-state index in [-0.39, 0.29) is 11.4 Å². The molecule has 100 valence electrons. The predicted molar refractivity (Wildman–Crippen MR) is 74.3 cm³/mol. The first-order valence-electron chi connectivity index (χ1n) is 6.14. The molecule has 1 aromatic rings. The highest BCUT2D eigenvalue weighted by atomic mass is 19.1. The van der Waals surface area contributed by atoms with E-state index in [9.17, 15) is 9.50 Å². The molecule has 18 heavy (non-hydrogen) atoms. The van der Waals surface area contributed by atoms with Gasteiger partial charge in [0.2, 0.25) is 0 Å². The normalized spacial score (nSPS) is 13.2. The number of benzene rings is 1. The third kappa shape index (κ3) is 3.10. The van der Waals surface area contributed by atoms with E-state index in [2.05, 4.69) is 6.58 Å². The van der Waals surface area contributed by atoms with Crippen LogP contribution in [0.3, 0.4) is 0 Å². The Morgan fingerprint density at radius 1 is 1.44 bits per heavy atom. The van der Waals surface area contributed by atoms with Crippen LogP contribution in [0.4, 0.5) is 10.1 Å². The summed E-state index contributed by atoms with van der Waals surface area (Å²) in [5, 5.41) is 9.78. The molecule has 2 nitrogen and oxygen atoms in total. The van der Waals surface area contributed by atoms with E-state index >= 15 is 0 Å². The Hall–Kier alpha value is -1.35. The zero-order valence-corrected chi connectivity index (χ0v) is 11.6. The lowest BCUT2D eigenvalue weighted by atomic mass is 10.00. The van der Waals surface area contributed by atoms with Crippen LogP contribution >= 0.6 is 0 Å². The number of aliphatic hydroxyl groups excluding tert-OH is 1. The van der Waals surface area contributed by atoms with Crippen molar-refractivity contribution in [3.05, 3.63) is 42.2 Å². The molecule has 1 N–H and O–H groups in total. The maximum atomic E-state index is 13.9. The van der Waals surface area contributed by atoms with Gasteiger partial charge in [0.25, 0.3) is 0 Å². The van der Waals surface area contributed by atoms with Crippen LogP contribution in [0.5, 0.6) is 0 Å². The smallest absolute Gasteiger partial charge is 0.131 e. The number of nitrogens with zero attached hydrogens (tertiary/aromatic N) is 1. The summed E-state index contributed by atoms with van der Waals surface area (Å²) >= 11 is 0. The fourth-order valence-electron chi connectivity index (χ4n) is 2.04. The Morgan fingerprint density at radius 3 is 2.50 bits per heavy atom. The SMILES string of the molecule is C=CCN(c1cccc(F)c1[C@@H](C)O)C(C)(C)C. The average Bonchev–Trinajstić information content (AvgIpc) is 2.23. The van der Waals surface area contributed by atoms with E-state index < -0.39 is 6.10 Å². The first-order chi connectivity index (χ1) is 8.29. The number of hydrogen-bond donors (Lipinski definition) is 1. The fourth-order valence-corrected chi connectivity index (χ4v) is 2.04. The molecule has 0 bridgehead atoms. The van der Waals surface area contributed by atoms with Gasteiger partial charge in [0, 0.05) is 23.3 Å². The Kier molecular flexibility index (Phi) is 4.52. The van der Waals surface area contributed by atoms with Gasteiger partial charge in [-0.1, -0.05) is 12.1 Å². The second-order valence-corrected chi connectivity index (χ2v) is 5.42. The lowest BCUT2D eigenvalue weighted by molar-refractivity contribution is 0.194. The maximum absolute atomic E-state index is 13.9. The van der Waals surface area contributed by atoms with Crippen LogP contribution in [-0.4, -0.2) is 17.2 Å². The molecule has 0 saturated carbocycles. The van der Waals surface area contributed by atoms with Crippen molar-refractivity contribution in [3.8, 4) is 0 Å². The minimum atomic E-state index is -0.837. The van der Waals surface area contributed by atoms with Crippen LogP contribution in [0.2, 0.25) is 0 Å². The van der Waals surface area contributed by atoms with E-state index in [1.807, 2.05) is 31.7 Å². The van der Waals surface area contributed by atoms with Gasteiger partial charge in [-0.05, 0) is 39.8 Å². The third-order valence-corrected chi connectivity index (χ3v) is 2.86. The van der Waals surface area contributed by atoms with Crippen molar-refractivity contribution in [2.24, 2.45) is 0 Å². The second-order valence-electron chi connectivity index (χ2n) is 5.42. The van der Waals surface area contributed by atoms with Gasteiger partial charge in [0.15, 0.2) is 0 Å². The van der Waals surface area contributed by atoms with Gasteiger partial charge >= 0.3 is 0 Å². The molecule has 0 aliphatic rings. The molecule has 0 aromatic heterocycles. The van der Waals surface area contributed by atoms with E-state index in [0.29, 0.717) is 12.1 Å². The summed E-state index contributed by atoms with van der Waals surface area (Å²) in [6, 6.07) is 4.87. The molecule has 0 radical (unpaired) electrons. The zero-order valence-electron chi connectivity index (χ0n) is 11.6. The minimum Gasteiger partial charge on any atom is -0.389 e. The first-order valence-corrected chi connectivity index (χ1v) is 6.14. The number of rotatable bonds is 4. The fraction of sp³-hybridized carbons (Fsp3) is 0.467. The van der Waals surface area contributed by atoms with Crippen molar-refractivity contribution < 1.29 is 9.50 Å². The van der Waals surface area contributed by atoms with Crippen molar-refractivity contribution in [2.45, 2.75) is 39.3 Å². The van der Waals surface area contributed by atoms with Crippen LogP contribution < -0.4 is 4.90 Å². The van der Waals surface area contributed by atoms with Crippen molar-refractivity contribution in [2.75, 3.05) is 11.4 Å². The van der Waals surface area contributed by atoms with E-state index in [1.54, 1.807) is 19.1 Å². The lowest BCUT2D eigenvalue weighted by Gasteiger charge is -2.38. The van der Waals surface area contributed by atoms with Crippen molar-refractivity contribution >= 4 is 5.69 Å². The number of aliphatic hydroxyl groups is 1. The summed E-state index contributed by atoms with van der Waals surface area (Å²) in [4.78, 5) is 2.03. The molecule has 0 heterocycles. The van der Waals surface area contributed by atoms with E-state index in [0.717, 1.165) is 5.69 Å². The monoisotopic (exact) mass is 251 g/mol. The molecular formula is C15H22FNO. The lowest BCUT2D eigenvalue weighted by Crippen LogP contribution is -2.42. The topological polar surface area (TPSA) is 23.5 Å². The first kappa shape index (κ1) is 14.7. The molecule has 0 aliphatic heterocycles. The molecule has 0 amide bonds. The summed E-state index contributed by atoms with van der Waals surface area (Å²) in [6.07, 6.45) is 0.943. The van der Waals surface area contributed by atoms with Crippen molar-refractivity contribution in [1.82, 2.24) is 0 Å². The Morgan fingerprint density at radius 2 is 2.06 bits per heavy atom. The maximum Gasteiger partial charge on any atom is 0.131 e. The second kappa shape index (κ2) is 5.53. The molecule has 1 rings (SSSR count). The van der Waals surface area contributed by atoms with Crippen molar-refractivity contribution in [3.63, 3.8) is 0 Å². The van der Waals surface area contributed by atoms with Gasteiger partial charge in [-0.3, -0.25) is 0 Å². The van der Waals surface area contributed by atoms with E-state index in [4.69, 9.17) is 0 Å². The van der Waals surface area contributed by atoms with Crippen LogP contribution in [0.25, 0.3) is 0 Å². The molecule has 0 fully saturated rings. The van der Waals surface area contributed by atoms with Gasteiger partial charge in [0.1, 0.15) is 5.82 Å². The van der Waals surface area contributed by atoms with Crippen molar-refractivity contribution in [1.29, 1.82) is 0 Å². The van der Waals surface area contributed by atoms with E-state index in [1.165, 1.54) is 6.07 Å². The standard InChI is InChI=1S/C15H22FNO/c1-6-10-17(15(3,4)5)13-9-7-8-12(16)14(13)11(2)18/h6-9,11,18H,1,10H2,2-5H3/t11-/m1/s1. The Bertz CT molecular complexity index is 421. The van der Waals surface area contributed by atoms with Crippen LogP contribution in [0, 0.1) is 5.82 Å². The molecule has 3 heteroatoms. The quantitative estimate of drug-likeness (QED) is 0.825. The summed E-state index contributed by atoms with van der Waals surface area (Å²) in [7, 11) is 0. The Balaban J connectivity index is 3.36. The highest BCUT2D eigenvalue weighted by Gasteiger charge is 2.25. The van der Waals surface area contributed by atoms with Crippen LogP contribution in [0.1, 0.15) is 39.4 Å². The largest absolute Gasteiger partial charge is 0.389 e.